The van der Waals surface area contributed by atoms with Gasteiger partial charge in [-0.15, -0.1) is 0 Å². The van der Waals surface area contributed by atoms with Gasteiger partial charge in [0.05, 0.1) is 19.2 Å². The second kappa shape index (κ2) is 7.96. The molecule has 0 aliphatic carbocycles. The number of hydrogen-bond acceptors (Lipinski definition) is 5. The standard InChI is InChI=1S/C23H19NO4/c1-26-18-9-7-17(8-10-18)14-23(25)27-19-11-12-20-21(24-28-22(20)15-19)13-16-5-3-2-4-6-16/h2-12,15H,13-14H2,1H3. The average molecular weight is 373 g/mol. The molecule has 0 aliphatic heterocycles. The van der Waals surface area contributed by atoms with Crippen LogP contribution in [0.15, 0.2) is 77.3 Å². The Morgan fingerprint density at radius 1 is 0.929 bits per heavy atom. The largest absolute Gasteiger partial charge is 0.497 e. The molecule has 0 atom stereocenters. The molecule has 5 nitrogen and oxygen atoms in total. The summed E-state index contributed by atoms with van der Waals surface area (Å²) in [5, 5.41) is 5.08. The van der Waals surface area contributed by atoms with Crippen LogP contribution in [0.25, 0.3) is 11.0 Å². The van der Waals surface area contributed by atoms with E-state index in [2.05, 4.69) is 17.3 Å². The van der Waals surface area contributed by atoms with Gasteiger partial charge >= 0.3 is 5.97 Å². The summed E-state index contributed by atoms with van der Waals surface area (Å²) in [6.45, 7) is 0. The number of aromatic nitrogens is 1. The fourth-order valence-electron chi connectivity index (χ4n) is 3.03. The molecule has 3 aromatic carbocycles. The fourth-order valence-corrected chi connectivity index (χ4v) is 3.03. The lowest BCUT2D eigenvalue weighted by molar-refractivity contribution is -0.133. The molecule has 0 aliphatic rings. The second-order valence-electron chi connectivity index (χ2n) is 6.45. The Morgan fingerprint density at radius 2 is 1.68 bits per heavy atom. The number of rotatable bonds is 6. The van der Waals surface area contributed by atoms with Crippen molar-refractivity contribution in [3.63, 3.8) is 0 Å². The molecule has 4 rings (SSSR count). The molecule has 0 radical (unpaired) electrons. The van der Waals surface area contributed by atoms with E-state index < -0.39 is 0 Å². The van der Waals surface area contributed by atoms with Crippen LogP contribution in [-0.2, 0) is 17.6 Å². The van der Waals surface area contributed by atoms with Gasteiger partial charge in [0, 0.05) is 17.9 Å². The maximum atomic E-state index is 12.2. The highest BCUT2D eigenvalue weighted by Gasteiger charge is 2.12. The van der Waals surface area contributed by atoms with Crippen molar-refractivity contribution in [2.24, 2.45) is 0 Å². The third kappa shape index (κ3) is 4.04. The van der Waals surface area contributed by atoms with Crippen LogP contribution < -0.4 is 9.47 Å². The summed E-state index contributed by atoms with van der Waals surface area (Å²) in [4.78, 5) is 12.2. The van der Waals surface area contributed by atoms with Crippen LogP contribution in [0.4, 0.5) is 0 Å². The highest BCUT2D eigenvalue weighted by atomic mass is 16.5. The van der Waals surface area contributed by atoms with Crippen LogP contribution in [0.1, 0.15) is 16.8 Å². The lowest BCUT2D eigenvalue weighted by atomic mass is 10.1. The predicted octanol–water partition coefficient (Wildman–Crippen LogP) is 4.58. The second-order valence-corrected chi connectivity index (χ2v) is 6.45. The first-order valence-corrected chi connectivity index (χ1v) is 8.97. The number of esters is 1. The van der Waals surface area contributed by atoms with Gasteiger partial charge in [0.25, 0.3) is 0 Å². The van der Waals surface area contributed by atoms with E-state index in [0.29, 0.717) is 17.8 Å². The molecular formula is C23H19NO4. The van der Waals surface area contributed by atoms with Gasteiger partial charge in [-0.1, -0.05) is 47.6 Å². The normalized spacial score (nSPS) is 10.8. The zero-order chi connectivity index (χ0) is 19.3. The van der Waals surface area contributed by atoms with E-state index in [1.54, 1.807) is 19.2 Å². The summed E-state index contributed by atoms with van der Waals surface area (Å²) in [6, 6.07) is 22.7. The third-order valence-electron chi connectivity index (χ3n) is 4.47. The van der Waals surface area contributed by atoms with E-state index in [-0.39, 0.29) is 12.4 Å². The van der Waals surface area contributed by atoms with Gasteiger partial charge in [-0.05, 0) is 35.4 Å². The topological polar surface area (TPSA) is 61.6 Å². The predicted molar refractivity (Wildman–Crippen MR) is 106 cm³/mol. The number of nitrogens with zero attached hydrogens (tertiary/aromatic N) is 1. The van der Waals surface area contributed by atoms with E-state index in [4.69, 9.17) is 14.0 Å². The Hall–Kier alpha value is -3.60. The van der Waals surface area contributed by atoms with Crippen molar-refractivity contribution in [3.05, 3.63) is 89.6 Å². The van der Waals surface area contributed by atoms with Gasteiger partial charge in [0.2, 0.25) is 0 Å². The van der Waals surface area contributed by atoms with Crippen LogP contribution in [0, 0.1) is 0 Å². The number of benzene rings is 3. The Labute approximate surface area is 162 Å². The van der Waals surface area contributed by atoms with E-state index in [1.165, 1.54) is 0 Å². The van der Waals surface area contributed by atoms with E-state index in [0.717, 1.165) is 28.0 Å². The van der Waals surface area contributed by atoms with Crippen molar-refractivity contribution in [2.75, 3.05) is 7.11 Å². The molecule has 0 fully saturated rings. The Bertz CT molecular complexity index is 1080. The average Bonchev–Trinajstić information content (AvgIpc) is 3.11. The smallest absolute Gasteiger partial charge is 0.315 e. The van der Waals surface area contributed by atoms with E-state index >= 15 is 0 Å². The minimum absolute atomic E-state index is 0.178. The van der Waals surface area contributed by atoms with Crippen LogP contribution in [-0.4, -0.2) is 18.2 Å². The number of carbonyl (C=O) groups excluding carboxylic acids is 1. The van der Waals surface area contributed by atoms with Crippen molar-refractivity contribution in [3.8, 4) is 11.5 Å². The zero-order valence-corrected chi connectivity index (χ0v) is 15.4. The van der Waals surface area contributed by atoms with Crippen molar-refractivity contribution in [1.29, 1.82) is 0 Å². The van der Waals surface area contributed by atoms with E-state index in [1.807, 2.05) is 48.5 Å². The van der Waals surface area contributed by atoms with Crippen molar-refractivity contribution in [1.82, 2.24) is 5.16 Å². The van der Waals surface area contributed by atoms with Gasteiger partial charge in [-0.25, -0.2) is 0 Å². The summed E-state index contributed by atoms with van der Waals surface area (Å²) in [5.41, 5.74) is 3.47. The molecule has 1 aromatic heterocycles. The van der Waals surface area contributed by atoms with Gasteiger partial charge < -0.3 is 14.0 Å². The van der Waals surface area contributed by atoms with Gasteiger partial charge in [0.1, 0.15) is 11.5 Å². The van der Waals surface area contributed by atoms with E-state index in [9.17, 15) is 4.79 Å². The van der Waals surface area contributed by atoms with Gasteiger partial charge in [-0.3, -0.25) is 4.79 Å². The lowest BCUT2D eigenvalue weighted by Crippen LogP contribution is -2.11. The highest BCUT2D eigenvalue weighted by Crippen LogP contribution is 2.25. The Morgan fingerprint density at radius 3 is 2.43 bits per heavy atom. The molecule has 0 N–H and O–H groups in total. The van der Waals surface area contributed by atoms with Crippen LogP contribution >= 0.6 is 0 Å². The molecule has 0 unspecified atom stereocenters. The summed E-state index contributed by atoms with van der Waals surface area (Å²) < 4.78 is 16.0. The highest BCUT2D eigenvalue weighted by molar-refractivity contribution is 5.82. The zero-order valence-electron chi connectivity index (χ0n) is 15.4. The fraction of sp³-hybridized carbons (Fsp3) is 0.130. The van der Waals surface area contributed by atoms with Gasteiger partial charge in [0.15, 0.2) is 5.58 Å². The molecule has 4 aromatic rings. The molecule has 5 heteroatoms. The SMILES string of the molecule is COc1ccc(CC(=O)Oc2ccc3c(Cc4ccccc4)noc3c2)cc1. The number of methoxy groups -OCH3 is 1. The first-order valence-electron chi connectivity index (χ1n) is 8.97. The maximum Gasteiger partial charge on any atom is 0.315 e. The number of fused-ring (bicyclic) bond motifs is 1. The number of carbonyl (C=O) groups is 1. The molecule has 0 spiro atoms. The number of hydrogen-bond donors (Lipinski definition) is 0. The minimum Gasteiger partial charge on any atom is -0.497 e. The van der Waals surface area contributed by atoms with Crippen molar-refractivity contribution < 1.29 is 18.8 Å². The molecule has 28 heavy (non-hydrogen) atoms. The minimum atomic E-state index is -0.339. The van der Waals surface area contributed by atoms with Crippen LogP contribution in [0.2, 0.25) is 0 Å². The molecule has 0 saturated heterocycles. The summed E-state index contributed by atoms with van der Waals surface area (Å²) in [6.07, 6.45) is 0.863. The van der Waals surface area contributed by atoms with Crippen LogP contribution in [0.5, 0.6) is 11.5 Å². The maximum absolute atomic E-state index is 12.2. The molecular weight excluding hydrogens is 354 g/mol. The molecule has 140 valence electrons. The summed E-state index contributed by atoms with van der Waals surface area (Å²) >= 11 is 0. The van der Waals surface area contributed by atoms with Crippen molar-refractivity contribution in [2.45, 2.75) is 12.8 Å². The lowest BCUT2D eigenvalue weighted by Gasteiger charge is -2.05. The third-order valence-corrected chi connectivity index (χ3v) is 4.47. The van der Waals surface area contributed by atoms with Crippen molar-refractivity contribution >= 4 is 16.9 Å². The van der Waals surface area contributed by atoms with Gasteiger partial charge in [-0.2, -0.15) is 0 Å². The Balaban J connectivity index is 1.45. The monoisotopic (exact) mass is 373 g/mol. The first kappa shape index (κ1) is 17.8. The summed E-state index contributed by atoms with van der Waals surface area (Å²) in [7, 11) is 1.61. The molecule has 1 heterocycles. The first-order chi connectivity index (χ1) is 13.7. The Kier molecular flexibility index (Phi) is 5.06. The molecule has 0 saturated carbocycles. The quantitative estimate of drug-likeness (QED) is 0.366. The molecule has 0 amide bonds. The number of ether oxygens (including phenoxy) is 2. The molecule has 0 bridgehead atoms. The summed E-state index contributed by atoms with van der Waals surface area (Å²) in [5.74, 6) is 0.848. The van der Waals surface area contributed by atoms with Crippen LogP contribution in [0.3, 0.4) is 0 Å².